The smallest absolute Gasteiger partial charge is 0.462 e. The first kappa shape index (κ1) is 57.6. The summed E-state index contributed by atoms with van der Waals surface area (Å²) in [5.74, 6) is -1.10. The number of aliphatic hydroxyl groups is 5. The third-order valence-electron chi connectivity index (χ3n) is 11.6. The number of rotatable bonds is 41. The summed E-state index contributed by atoms with van der Waals surface area (Å²) in [5, 5.41) is 50.2. The number of ether oxygens (including phenoxy) is 2. The molecule has 1 rings (SSSR count). The van der Waals surface area contributed by atoms with Crippen molar-refractivity contribution >= 4 is 19.8 Å². The van der Waals surface area contributed by atoms with Crippen molar-refractivity contribution < 1.29 is 63.1 Å². The molecule has 1 fully saturated rings. The second-order valence-electron chi connectivity index (χ2n) is 17.3. The molecule has 1 aliphatic carbocycles. The Bertz CT molecular complexity index is 1120. The quantitative estimate of drug-likeness (QED) is 0.0146. The van der Waals surface area contributed by atoms with E-state index < -0.39 is 75.7 Å². The van der Waals surface area contributed by atoms with E-state index in [1.807, 2.05) is 0 Å². The molecular weight excluding hydrogens is 803 g/mol. The fourth-order valence-corrected chi connectivity index (χ4v) is 8.61. The molecule has 0 radical (unpaired) electrons. The second kappa shape index (κ2) is 37.9. The molecule has 0 aromatic heterocycles. The fourth-order valence-electron chi connectivity index (χ4n) is 7.64. The van der Waals surface area contributed by atoms with Gasteiger partial charge in [0.2, 0.25) is 0 Å². The number of aliphatic hydroxyl groups excluding tert-OH is 5. The van der Waals surface area contributed by atoms with Crippen molar-refractivity contribution in [3.8, 4) is 0 Å². The van der Waals surface area contributed by atoms with E-state index in [0.717, 1.165) is 57.8 Å². The molecule has 1 aliphatic rings. The molecule has 0 amide bonds. The molecule has 6 atom stereocenters. The van der Waals surface area contributed by atoms with Crippen LogP contribution >= 0.6 is 7.82 Å². The number of esters is 2. The standard InChI is InChI=1S/C47H89O13P/c1-3-5-7-9-11-13-15-17-19-20-21-22-24-25-27-29-31-33-35-40(48)57-37-39(38-58-61(55,56)60-47-45(53)43(51)42(50)44(52)46(47)54)59-41(49)36-34-32-30-28-26-23-18-16-14-12-10-8-6-4-2/h16,18,39,42-47,50-54H,3-15,17,19-38H2,1-2H3,(H,55,56)/b18-16-. The molecule has 6 unspecified atom stereocenters. The summed E-state index contributed by atoms with van der Waals surface area (Å²) in [6, 6.07) is 0. The van der Waals surface area contributed by atoms with Gasteiger partial charge in [-0.25, -0.2) is 4.57 Å². The molecular formula is C47H89O13P. The van der Waals surface area contributed by atoms with E-state index in [1.165, 1.54) is 122 Å². The van der Waals surface area contributed by atoms with Crippen molar-refractivity contribution in [3.63, 3.8) is 0 Å². The van der Waals surface area contributed by atoms with Crippen LogP contribution in [-0.4, -0.2) is 98.3 Å². The topological polar surface area (TPSA) is 210 Å². The predicted octanol–water partition coefficient (Wildman–Crippen LogP) is 9.84. The van der Waals surface area contributed by atoms with Crippen LogP contribution in [0.3, 0.4) is 0 Å². The van der Waals surface area contributed by atoms with Crippen molar-refractivity contribution in [2.24, 2.45) is 0 Å². The molecule has 0 aromatic rings. The lowest BCUT2D eigenvalue weighted by molar-refractivity contribution is -0.220. The Morgan fingerprint density at radius 3 is 1.25 bits per heavy atom. The van der Waals surface area contributed by atoms with Crippen LogP contribution in [0.2, 0.25) is 0 Å². The van der Waals surface area contributed by atoms with Crippen LogP contribution in [0.4, 0.5) is 0 Å². The van der Waals surface area contributed by atoms with E-state index in [-0.39, 0.29) is 12.8 Å². The maximum absolute atomic E-state index is 12.8. The molecule has 0 bridgehead atoms. The summed E-state index contributed by atoms with van der Waals surface area (Å²) >= 11 is 0. The zero-order chi connectivity index (χ0) is 45.0. The lowest BCUT2D eigenvalue weighted by atomic mass is 9.85. The Morgan fingerprint density at radius 2 is 0.836 bits per heavy atom. The maximum Gasteiger partial charge on any atom is 0.472 e. The van der Waals surface area contributed by atoms with Gasteiger partial charge in [-0.1, -0.05) is 180 Å². The molecule has 0 aromatic carbocycles. The van der Waals surface area contributed by atoms with E-state index in [2.05, 4.69) is 26.0 Å². The summed E-state index contributed by atoms with van der Waals surface area (Å²) in [6.45, 7) is 3.31. The number of carbonyl (C=O) groups is 2. The van der Waals surface area contributed by atoms with E-state index in [1.54, 1.807) is 0 Å². The van der Waals surface area contributed by atoms with E-state index >= 15 is 0 Å². The van der Waals surface area contributed by atoms with Gasteiger partial charge < -0.3 is 39.9 Å². The minimum absolute atomic E-state index is 0.0908. The Kier molecular flexibility index (Phi) is 35.8. The summed E-state index contributed by atoms with van der Waals surface area (Å²) < 4.78 is 33.6. The molecule has 1 saturated carbocycles. The minimum Gasteiger partial charge on any atom is -0.462 e. The molecule has 61 heavy (non-hydrogen) atoms. The van der Waals surface area contributed by atoms with Crippen molar-refractivity contribution in [1.29, 1.82) is 0 Å². The van der Waals surface area contributed by atoms with Crippen LogP contribution in [0.25, 0.3) is 0 Å². The van der Waals surface area contributed by atoms with Gasteiger partial charge in [0.25, 0.3) is 0 Å². The Balaban J connectivity index is 2.41. The first-order valence-corrected chi connectivity index (χ1v) is 26.0. The minimum atomic E-state index is -5.12. The fraction of sp³-hybridized carbons (Fsp3) is 0.915. The zero-order valence-electron chi connectivity index (χ0n) is 38.2. The lowest BCUT2D eigenvalue weighted by Crippen LogP contribution is -2.64. The third kappa shape index (κ3) is 30.4. The zero-order valence-corrected chi connectivity index (χ0v) is 39.1. The molecule has 0 saturated heterocycles. The molecule has 0 aliphatic heterocycles. The number of phosphoric acid groups is 1. The van der Waals surface area contributed by atoms with Gasteiger partial charge in [-0.3, -0.25) is 18.6 Å². The Morgan fingerprint density at radius 1 is 0.492 bits per heavy atom. The van der Waals surface area contributed by atoms with Gasteiger partial charge in [0.05, 0.1) is 6.61 Å². The second-order valence-corrected chi connectivity index (χ2v) is 18.7. The summed E-state index contributed by atoms with van der Waals surface area (Å²) in [6.07, 6.45) is 26.9. The average molecular weight is 893 g/mol. The number of allylic oxidation sites excluding steroid dienone is 2. The van der Waals surface area contributed by atoms with Crippen LogP contribution in [0.1, 0.15) is 219 Å². The summed E-state index contributed by atoms with van der Waals surface area (Å²) in [7, 11) is -5.12. The molecule has 0 spiro atoms. The number of hydrogen-bond donors (Lipinski definition) is 6. The van der Waals surface area contributed by atoms with Crippen LogP contribution in [0.5, 0.6) is 0 Å². The van der Waals surface area contributed by atoms with Gasteiger partial charge in [-0.15, -0.1) is 0 Å². The predicted molar refractivity (Wildman–Crippen MR) is 240 cm³/mol. The highest BCUT2D eigenvalue weighted by Gasteiger charge is 2.51. The van der Waals surface area contributed by atoms with Gasteiger partial charge in [-0.05, 0) is 38.5 Å². The van der Waals surface area contributed by atoms with Crippen molar-refractivity contribution in [2.75, 3.05) is 13.2 Å². The summed E-state index contributed by atoms with van der Waals surface area (Å²) in [4.78, 5) is 35.7. The van der Waals surface area contributed by atoms with Gasteiger partial charge in [0.1, 0.15) is 43.2 Å². The first-order valence-electron chi connectivity index (χ1n) is 24.5. The molecule has 13 nitrogen and oxygen atoms in total. The summed E-state index contributed by atoms with van der Waals surface area (Å²) in [5.41, 5.74) is 0. The van der Waals surface area contributed by atoms with Crippen LogP contribution in [0.15, 0.2) is 12.2 Å². The van der Waals surface area contributed by atoms with Crippen LogP contribution in [-0.2, 0) is 32.7 Å². The van der Waals surface area contributed by atoms with E-state index in [0.29, 0.717) is 12.8 Å². The van der Waals surface area contributed by atoms with Crippen molar-refractivity contribution in [2.45, 2.75) is 262 Å². The number of carbonyl (C=O) groups excluding carboxylic acids is 2. The van der Waals surface area contributed by atoms with Crippen LogP contribution < -0.4 is 0 Å². The number of hydrogen-bond acceptors (Lipinski definition) is 12. The van der Waals surface area contributed by atoms with E-state index in [4.69, 9.17) is 18.5 Å². The Labute approximate surface area is 369 Å². The van der Waals surface area contributed by atoms with Crippen molar-refractivity contribution in [3.05, 3.63) is 12.2 Å². The van der Waals surface area contributed by atoms with Gasteiger partial charge in [0.15, 0.2) is 6.10 Å². The SMILES string of the molecule is CCCCCCC/C=C\CCCCCCCC(=O)OC(COC(=O)CCCCCCCCCCCCCCCCCCCC)COP(=O)(O)OC1C(O)C(O)C(O)C(O)C1O. The molecule has 360 valence electrons. The molecule has 14 heteroatoms. The molecule has 6 N–H and O–H groups in total. The highest BCUT2D eigenvalue weighted by molar-refractivity contribution is 7.47. The Hall–Kier alpha value is -1.41. The van der Waals surface area contributed by atoms with Crippen LogP contribution in [0, 0.1) is 0 Å². The molecule has 0 heterocycles. The monoisotopic (exact) mass is 893 g/mol. The van der Waals surface area contributed by atoms with E-state index in [9.17, 15) is 44.6 Å². The largest absolute Gasteiger partial charge is 0.472 e. The normalized spacial score (nSPS) is 22.0. The van der Waals surface area contributed by atoms with Crippen molar-refractivity contribution in [1.82, 2.24) is 0 Å². The maximum atomic E-state index is 12.8. The number of phosphoric ester groups is 1. The number of unbranched alkanes of at least 4 members (excludes halogenated alkanes) is 27. The van der Waals surface area contributed by atoms with Gasteiger partial charge >= 0.3 is 19.8 Å². The van der Waals surface area contributed by atoms with Gasteiger partial charge in [-0.2, -0.15) is 0 Å². The third-order valence-corrected chi connectivity index (χ3v) is 12.6. The average Bonchev–Trinajstić information content (AvgIpc) is 3.24. The van der Waals surface area contributed by atoms with Gasteiger partial charge in [0, 0.05) is 12.8 Å². The highest BCUT2D eigenvalue weighted by atomic mass is 31.2. The first-order chi connectivity index (χ1) is 29.4. The lowest BCUT2D eigenvalue weighted by Gasteiger charge is -2.41. The highest BCUT2D eigenvalue weighted by Crippen LogP contribution is 2.47.